The predicted octanol–water partition coefficient (Wildman–Crippen LogP) is -1.66. The summed E-state index contributed by atoms with van der Waals surface area (Å²) in [5.74, 6) is -0.969. The van der Waals surface area contributed by atoms with Crippen molar-refractivity contribution < 1.29 is 28.9 Å². The quantitative estimate of drug-likeness (QED) is 0.543. The average molecular weight is 248 g/mol. The fourth-order valence-electron chi connectivity index (χ4n) is 1.91. The van der Waals surface area contributed by atoms with Gasteiger partial charge in [0, 0.05) is 6.42 Å². The van der Waals surface area contributed by atoms with Crippen LogP contribution in [0.1, 0.15) is 6.42 Å². The molecule has 2 saturated heterocycles. The Hall–Kier alpha value is -1.25. The first kappa shape index (κ1) is 12.2. The number of nitrogens with one attached hydrogen (secondary N) is 1. The molecule has 0 bridgehead atoms. The molecule has 7 nitrogen and oxygen atoms in total. The normalized spacial score (nSPS) is 38.4. The van der Waals surface area contributed by atoms with Crippen molar-refractivity contribution in [1.29, 1.82) is 0 Å². The molecule has 3 N–H and O–H groups in total. The summed E-state index contributed by atoms with van der Waals surface area (Å²) in [6.07, 6.45) is -4.24. The third-order valence-electron chi connectivity index (χ3n) is 2.86. The van der Waals surface area contributed by atoms with E-state index in [4.69, 9.17) is 9.84 Å². The van der Waals surface area contributed by atoms with Gasteiger partial charge in [-0.3, -0.25) is 15.0 Å². The fraction of sp³-hybridized carbons (Fsp3) is 0.778. The summed E-state index contributed by atoms with van der Waals surface area (Å²) in [5, 5.41) is 20.2. The number of urea groups is 1. The van der Waals surface area contributed by atoms with Crippen LogP contribution in [0.2, 0.25) is 0 Å². The average Bonchev–Trinajstić information content (AvgIpc) is 2.65. The van der Waals surface area contributed by atoms with Gasteiger partial charge in [-0.2, -0.15) is 0 Å². The summed E-state index contributed by atoms with van der Waals surface area (Å²) in [4.78, 5) is 23.3. The van der Waals surface area contributed by atoms with Crippen LogP contribution < -0.4 is 5.32 Å². The van der Waals surface area contributed by atoms with E-state index in [0.29, 0.717) is 0 Å². The van der Waals surface area contributed by atoms with E-state index >= 15 is 0 Å². The van der Waals surface area contributed by atoms with Crippen LogP contribution in [0.5, 0.6) is 0 Å². The molecule has 8 heteroatoms. The van der Waals surface area contributed by atoms with Crippen molar-refractivity contribution in [3.63, 3.8) is 0 Å². The first-order valence-corrected chi connectivity index (χ1v) is 5.23. The zero-order valence-corrected chi connectivity index (χ0v) is 8.88. The number of carbonyl (C=O) groups excluding carboxylic acids is 2. The maximum atomic E-state index is 13.2. The Morgan fingerprint density at radius 3 is 2.82 bits per heavy atom. The van der Waals surface area contributed by atoms with Gasteiger partial charge in [-0.15, -0.1) is 0 Å². The lowest BCUT2D eigenvalue weighted by Crippen LogP contribution is -2.58. The Bertz CT molecular complexity index is 339. The number of ether oxygens (including phenoxy) is 1. The van der Waals surface area contributed by atoms with E-state index in [1.54, 1.807) is 0 Å². The Morgan fingerprint density at radius 2 is 2.24 bits per heavy atom. The lowest BCUT2D eigenvalue weighted by atomic mass is 10.1. The third kappa shape index (κ3) is 2.24. The number of imide groups is 1. The van der Waals surface area contributed by atoms with Crippen LogP contribution in [0.25, 0.3) is 0 Å². The number of aliphatic hydroxyl groups is 2. The smallest absolute Gasteiger partial charge is 0.326 e. The Morgan fingerprint density at radius 1 is 1.53 bits per heavy atom. The zero-order valence-electron chi connectivity index (χ0n) is 8.88. The first-order chi connectivity index (χ1) is 8.02. The van der Waals surface area contributed by atoms with Gasteiger partial charge in [0.2, 0.25) is 0 Å². The number of alkyl halides is 1. The SMILES string of the molecule is O=C1NC(=O)N([C@@H]2C[C@@H](O)[C@@H](CO)O2)CC1F. The molecule has 96 valence electrons. The Kier molecular flexibility index (Phi) is 3.27. The molecule has 2 aliphatic heterocycles. The highest BCUT2D eigenvalue weighted by Gasteiger charge is 2.42. The van der Waals surface area contributed by atoms with Crippen LogP contribution in [-0.4, -0.2) is 64.8 Å². The van der Waals surface area contributed by atoms with E-state index in [1.165, 1.54) is 0 Å². The number of hydrogen-bond acceptors (Lipinski definition) is 5. The number of halogens is 1. The monoisotopic (exact) mass is 248 g/mol. The maximum Gasteiger partial charge on any atom is 0.326 e. The number of rotatable bonds is 2. The molecule has 2 rings (SSSR count). The molecule has 2 fully saturated rings. The molecule has 17 heavy (non-hydrogen) atoms. The van der Waals surface area contributed by atoms with Crippen LogP contribution in [0.15, 0.2) is 0 Å². The van der Waals surface area contributed by atoms with Gasteiger partial charge in [-0.25, -0.2) is 9.18 Å². The van der Waals surface area contributed by atoms with Gasteiger partial charge in [-0.1, -0.05) is 0 Å². The molecule has 0 aromatic heterocycles. The third-order valence-corrected chi connectivity index (χ3v) is 2.86. The van der Waals surface area contributed by atoms with Gasteiger partial charge in [-0.05, 0) is 0 Å². The molecule has 1 unspecified atom stereocenters. The van der Waals surface area contributed by atoms with Crippen molar-refractivity contribution in [2.45, 2.75) is 31.0 Å². The second-order valence-corrected chi connectivity index (χ2v) is 4.03. The molecule has 3 amide bonds. The summed E-state index contributed by atoms with van der Waals surface area (Å²) in [7, 11) is 0. The number of amides is 3. The first-order valence-electron chi connectivity index (χ1n) is 5.23. The molecule has 0 aliphatic carbocycles. The molecule has 0 aromatic rings. The summed E-state index contributed by atoms with van der Waals surface area (Å²) < 4.78 is 18.4. The highest BCUT2D eigenvalue weighted by molar-refractivity contribution is 5.99. The molecule has 2 heterocycles. The largest absolute Gasteiger partial charge is 0.394 e. The molecule has 0 aromatic carbocycles. The van der Waals surface area contributed by atoms with Crippen LogP contribution in [0, 0.1) is 0 Å². The van der Waals surface area contributed by atoms with Crippen molar-refractivity contribution in [3.05, 3.63) is 0 Å². The van der Waals surface area contributed by atoms with Gasteiger partial charge in [0.05, 0.1) is 19.3 Å². The molecule has 4 atom stereocenters. The second-order valence-electron chi connectivity index (χ2n) is 4.03. The molecule has 0 saturated carbocycles. The topological polar surface area (TPSA) is 99.1 Å². The lowest BCUT2D eigenvalue weighted by molar-refractivity contribution is -0.130. The minimum Gasteiger partial charge on any atom is -0.394 e. The lowest BCUT2D eigenvalue weighted by Gasteiger charge is -2.32. The minimum atomic E-state index is -1.80. The highest BCUT2D eigenvalue weighted by atomic mass is 19.1. The van der Waals surface area contributed by atoms with Crippen molar-refractivity contribution in [3.8, 4) is 0 Å². The molecular weight excluding hydrogens is 235 g/mol. The molecule has 2 aliphatic rings. The van der Waals surface area contributed by atoms with Gasteiger partial charge < -0.3 is 14.9 Å². The van der Waals surface area contributed by atoms with Gasteiger partial charge >= 0.3 is 6.03 Å². The minimum absolute atomic E-state index is 0.0829. The molecule has 0 spiro atoms. The van der Waals surface area contributed by atoms with E-state index in [0.717, 1.165) is 4.90 Å². The van der Waals surface area contributed by atoms with E-state index < -0.39 is 43.1 Å². The summed E-state index contributed by atoms with van der Waals surface area (Å²) in [5.41, 5.74) is 0. The fourth-order valence-corrected chi connectivity index (χ4v) is 1.91. The second kappa shape index (κ2) is 4.55. The maximum absolute atomic E-state index is 13.2. The predicted molar refractivity (Wildman–Crippen MR) is 51.5 cm³/mol. The number of aliphatic hydroxyl groups excluding tert-OH is 2. The van der Waals surface area contributed by atoms with Crippen molar-refractivity contribution in [1.82, 2.24) is 10.2 Å². The van der Waals surface area contributed by atoms with Crippen molar-refractivity contribution in [2.75, 3.05) is 13.2 Å². The van der Waals surface area contributed by atoms with Crippen LogP contribution in [0.3, 0.4) is 0 Å². The van der Waals surface area contributed by atoms with E-state index in [2.05, 4.69) is 0 Å². The van der Waals surface area contributed by atoms with Crippen LogP contribution >= 0.6 is 0 Å². The number of nitrogens with zero attached hydrogens (tertiary/aromatic N) is 1. The molecular formula is C9H13FN2O5. The standard InChI is InChI=1S/C9H13FN2O5/c10-4-2-12(9(16)11-8(4)15)7-1-5(14)6(3-13)17-7/h4-7,13-14H,1-3H2,(H,11,15,16)/t4?,5-,6-,7+/m1/s1. The van der Waals surface area contributed by atoms with Crippen LogP contribution in [0.4, 0.5) is 9.18 Å². The summed E-state index contributed by atoms with van der Waals surface area (Å²) >= 11 is 0. The van der Waals surface area contributed by atoms with E-state index in [9.17, 15) is 19.1 Å². The number of hydrogen-bond donors (Lipinski definition) is 3. The zero-order chi connectivity index (χ0) is 12.6. The number of carbonyl (C=O) groups is 2. The van der Waals surface area contributed by atoms with Crippen molar-refractivity contribution in [2.24, 2.45) is 0 Å². The summed E-state index contributed by atoms with van der Waals surface area (Å²) in [6.45, 7) is -0.786. The van der Waals surface area contributed by atoms with Gasteiger partial charge in [0.1, 0.15) is 12.3 Å². The Balaban J connectivity index is 2.03. The summed E-state index contributed by atoms with van der Waals surface area (Å²) in [6, 6.07) is -0.750. The van der Waals surface area contributed by atoms with E-state index in [-0.39, 0.29) is 13.0 Å². The Labute approximate surface area is 96.1 Å². The van der Waals surface area contributed by atoms with E-state index in [1.807, 2.05) is 5.32 Å². The highest BCUT2D eigenvalue weighted by Crippen LogP contribution is 2.24. The molecule has 0 radical (unpaired) electrons. The van der Waals surface area contributed by atoms with Crippen molar-refractivity contribution >= 4 is 11.9 Å². The van der Waals surface area contributed by atoms with Gasteiger partial charge in [0.25, 0.3) is 5.91 Å². The van der Waals surface area contributed by atoms with Crippen LogP contribution in [-0.2, 0) is 9.53 Å². The van der Waals surface area contributed by atoms with Gasteiger partial charge in [0.15, 0.2) is 6.17 Å².